The number of hydrogen-bond acceptors (Lipinski definition) is 7. The Hall–Kier alpha value is -1.41. The first-order valence-electron chi connectivity index (χ1n) is 8.64. The molecule has 134 valence electrons. The van der Waals surface area contributed by atoms with Gasteiger partial charge in [-0.3, -0.25) is 4.90 Å². The summed E-state index contributed by atoms with van der Waals surface area (Å²) in [6, 6.07) is 0.277. The van der Waals surface area contributed by atoms with Gasteiger partial charge in [-0.05, 0) is 26.9 Å². The van der Waals surface area contributed by atoms with E-state index >= 15 is 0 Å². The molecule has 0 aliphatic heterocycles. The van der Waals surface area contributed by atoms with E-state index in [1.165, 1.54) is 0 Å². The number of rotatable bonds is 10. The first-order valence-corrected chi connectivity index (χ1v) is 9.62. The van der Waals surface area contributed by atoms with Gasteiger partial charge in [-0.25, -0.2) is 0 Å². The Kier molecular flexibility index (Phi) is 7.23. The molecule has 0 bridgehead atoms. The molecule has 8 heteroatoms. The van der Waals surface area contributed by atoms with Crippen LogP contribution in [0, 0.1) is 0 Å². The van der Waals surface area contributed by atoms with E-state index in [4.69, 9.17) is 4.52 Å². The van der Waals surface area contributed by atoms with Crippen molar-refractivity contribution >= 4 is 11.8 Å². The maximum absolute atomic E-state index is 5.26. The number of nitrogens with zero attached hydrogens (tertiary/aromatic N) is 6. The van der Waals surface area contributed by atoms with E-state index in [-0.39, 0.29) is 6.04 Å². The third kappa shape index (κ3) is 4.57. The van der Waals surface area contributed by atoms with Gasteiger partial charge in [0, 0.05) is 13.0 Å². The van der Waals surface area contributed by atoms with Gasteiger partial charge < -0.3 is 9.09 Å². The molecule has 7 nitrogen and oxygen atoms in total. The van der Waals surface area contributed by atoms with Crippen LogP contribution >= 0.6 is 11.8 Å². The molecule has 0 aliphatic carbocycles. The van der Waals surface area contributed by atoms with Crippen molar-refractivity contribution < 1.29 is 4.52 Å². The molecular formula is C16H28N6OS. The first kappa shape index (κ1) is 18.9. The zero-order valence-corrected chi connectivity index (χ0v) is 16.1. The predicted molar refractivity (Wildman–Crippen MR) is 94.9 cm³/mol. The molecule has 0 amide bonds. The standard InChI is InChI=1S/C16H28N6OS/c1-6-9-10-22-15(12(7-2)21(4)5)18-19-16(22)24-11-14-17-13(8-3)20-23-14/h12H,6-11H2,1-5H3. The van der Waals surface area contributed by atoms with Crippen LogP contribution in [0.5, 0.6) is 0 Å². The van der Waals surface area contributed by atoms with Crippen LogP contribution in [0.3, 0.4) is 0 Å². The second kappa shape index (κ2) is 9.17. The van der Waals surface area contributed by atoms with Gasteiger partial charge in [0.1, 0.15) is 0 Å². The van der Waals surface area contributed by atoms with Gasteiger partial charge in [0.05, 0.1) is 11.8 Å². The van der Waals surface area contributed by atoms with Crippen LogP contribution in [0.25, 0.3) is 0 Å². The highest BCUT2D eigenvalue weighted by atomic mass is 32.2. The van der Waals surface area contributed by atoms with E-state index in [9.17, 15) is 0 Å². The highest BCUT2D eigenvalue weighted by Crippen LogP contribution is 2.27. The predicted octanol–water partition coefficient (Wildman–Crippen LogP) is 3.33. The number of hydrogen-bond donors (Lipinski definition) is 0. The molecule has 2 aromatic rings. The topological polar surface area (TPSA) is 72.9 Å². The summed E-state index contributed by atoms with van der Waals surface area (Å²) in [6.07, 6.45) is 4.05. The molecule has 24 heavy (non-hydrogen) atoms. The zero-order valence-electron chi connectivity index (χ0n) is 15.3. The maximum Gasteiger partial charge on any atom is 0.237 e. The van der Waals surface area contributed by atoms with Crippen LogP contribution in [-0.4, -0.2) is 43.9 Å². The van der Waals surface area contributed by atoms with Gasteiger partial charge in [-0.15, -0.1) is 10.2 Å². The fourth-order valence-corrected chi connectivity index (χ4v) is 3.39. The molecule has 0 aromatic carbocycles. The Balaban J connectivity index is 2.16. The summed E-state index contributed by atoms with van der Waals surface area (Å²) in [5, 5.41) is 13.8. The summed E-state index contributed by atoms with van der Waals surface area (Å²) < 4.78 is 7.51. The van der Waals surface area contributed by atoms with Gasteiger partial charge in [0.15, 0.2) is 16.8 Å². The Morgan fingerprint density at radius 1 is 1.21 bits per heavy atom. The highest BCUT2D eigenvalue weighted by molar-refractivity contribution is 7.98. The molecular weight excluding hydrogens is 324 g/mol. The summed E-state index contributed by atoms with van der Waals surface area (Å²) in [5.74, 6) is 3.05. The zero-order chi connectivity index (χ0) is 17.5. The fourth-order valence-electron chi connectivity index (χ4n) is 2.58. The summed E-state index contributed by atoms with van der Waals surface area (Å²) in [6.45, 7) is 7.34. The van der Waals surface area contributed by atoms with Crippen molar-refractivity contribution in [3.05, 3.63) is 17.5 Å². The lowest BCUT2D eigenvalue weighted by molar-refractivity contribution is 0.270. The largest absolute Gasteiger partial charge is 0.338 e. The molecule has 0 N–H and O–H groups in total. The molecule has 2 rings (SSSR count). The van der Waals surface area contributed by atoms with E-state index in [1.807, 2.05) is 6.92 Å². The molecule has 2 heterocycles. The monoisotopic (exact) mass is 352 g/mol. The van der Waals surface area contributed by atoms with Gasteiger partial charge in [0.25, 0.3) is 0 Å². The molecule has 0 spiro atoms. The minimum atomic E-state index is 0.277. The summed E-state index contributed by atoms with van der Waals surface area (Å²) in [5.41, 5.74) is 0. The molecule has 1 unspecified atom stereocenters. The summed E-state index contributed by atoms with van der Waals surface area (Å²) in [7, 11) is 4.18. The molecule has 0 saturated carbocycles. The number of thioether (sulfide) groups is 1. The third-order valence-electron chi connectivity index (χ3n) is 3.94. The van der Waals surface area contributed by atoms with Crippen molar-refractivity contribution in [2.75, 3.05) is 14.1 Å². The normalized spacial score (nSPS) is 12.9. The van der Waals surface area contributed by atoms with Gasteiger partial charge in [-0.2, -0.15) is 4.98 Å². The Morgan fingerprint density at radius 3 is 2.58 bits per heavy atom. The highest BCUT2D eigenvalue weighted by Gasteiger charge is 2.22. The number of unbranched alkanes of at least 4 members (excludes halogenated alkanes) is 1. The van der Waals surface area contributed by atoms with Crippen molar-refractivity contribution in [3.8, 4) is 0 Å². The van der Waals surface area contributed by atoms with Crippen LogP contribution in [0.15, 0.2) is 9.68 Å². The van der Waals surface area contributed by atoms with E-state index in [0.717, 1.165) is 49.0 Å². The lowest BCUT2D eigenvalue weighted by Crippen LogP contribution is -2.23. The Morgan fingerprint density at radius 2 is 2.00 bits per heavy atom. The average Bonchev–Trinajstić information content (AvgIpc) is 3.18. The fraction of sp³-hybridized carbons (Fsp3) is 0.750. The number of aromatic nitrogens is 5. The molecule has 0 fully saturated rings. The van der Waals surface area contributed by atoms with Crippen molar-refractivity contribution in [1.82, 2.24) is 29.8 Å². The average molecular weight is 353 g/mol. The van der Waals surface area contributed by atoms with E-state index < -0.39 is 0 Å². The van der Waals surface area contributed by atoms with E-state index in [1.54, 1.807) is 11.8 Å². The lowest BCUT2D eigenvalue weighted by atomic mass is 10.2. The van der Waals surface area contributed by atoms with Crippen LogP contribution < -0.4 is 0 Å². The number of aryl methyl sites for hydroxylation is 1. The second-order valence-electron chi connectivity index (χ2n) is 5.98. The first-order chi connectivity index (χ1) is 11.6. The van der Waals surface area contributed by atoms with Crippen molar-refractivity contribution in [2.24, 2.45) is 0 Å². The second-order valence-corrected chi connectivity index (χ2v) is 6.92. The Bertz CT molecular complexity index is 624. The maximum atomic E-state index is 5.26. The minimum absolute atomic E-state index is 0.277. The minimum Gasteiger partial charge on any atom is -0.338 e. The van der Waals surface area contributed by atoms with Crippen molar-refractivity contribution in [3.63, 3.8) is 0 Å². The van der Waals surface area contributed by atoms with E-state index in [0.29, 0.717) is 11.6 Å². The molecule has 1 atom stereocenters. The Labute approximate surface area is 148 Å². The third-order valence-corrected chi connectivity index (χ3v) is 4.89. The van der Waals surface area contributed by atoms with Crippen LogP contribution in [-0.2, 0) is 18.7 Å². The summed E-state index contributed by atoms with van der Waals surface area (Å²) >= 11 is 1.61. The molecule has 0 radical (unpaired) electrons. The van der Waals surface area contributed by atoms with Gasteiger partial charge >= 0.3 is 0 Å². The smallest absolute Gasteiger partial charge is 0.237 e. The van der Waals surface area contributed by atoms with Gasteiger partial charge in [0.2, 0.25) is 5.89 Å². The van der Waals surface area contributed by atoms with E-state index in [2.05, 4.69) is 57.7 Å². The quantitative estimate of drug-likeness (QED) is 0.607. The molecule has 0 saturated heterocycles. The lowest BCUT2D eigenvalue weighted by Gasteiger charge is -2.23. The molecule has 2 aromatic heterocycles. The van der Waals surface area contributed by atoms with Gasteiger partial charge in [-0.1, -0.05) is 44.1 Å². The van der Waals surface area contributed by atoms with Crippen LogP contribution in [0.2, 0.25) is 0 Å². The molecule has 0 aliphatic rings. The SMILES string of the molecule is CCCCn1c(SCc2nc(CC)no2)nnc1C(CC)N(C)C. The van der Waals surface area contributed by atoms with Crippen molar-refractivity contribution in [2.45, 2.75) is 70.0 Å². The summed E-state index contributed by atoms with van der Waals surface area (Å²) in [4.78, 5) is 6.56. The van der Waals surface area contributed by atoms with Crippen LogP contribution in [0.1, 0.15) is 63.6 Å². The van der Waals surface area contributed by atoms with Crippen molar-refractivity contribution in [1.29, 1.82) is 0 Å². The van der Waals surface area contributed by atoms with Crippen LogP contribution in [0.4, 0.5) is 0 Å².